The van der Waals surface area contributed by atoms with Crippen LogP contribution < -0.4 is 21.2 Å². The Labute approximate surface area is 203 Å². The van der Waals surface area contributed by atoms with Gasteiger partial charge < -0.3 is 15.8 Å². The number of carbonyl (C=O) groups excluding carboxylic acids is 4. The first-order chi connectivity index (χ1) is 17.2. The van der Waals surface area contributed by atoms with Crippen LogP contribution in [0.2, 0.25) is 0 Å². The molecule has 0 aliphatic rings. The summed E-state index contributed by atoms with van der Waals surface area (Å²) in [6.07, 6.45) is 0. The molecule has 0 unspecified atom stereocenters. The quantitative estimate of drug-likeness (QED) is 0.114. The maximum absolute atomic E-state index is 12.3. The number of nitrogens with two attached hydrogens (primary N) is 1. The van der Waals surface area contributed by atoms with Gasteiger partial charge in [0.1, 0.15) is 11.3 Å². The molecule has 0 aliphatic carbocycles. The second-order valence-corrected chi connectivity index (χ2v) is 7.22. The number of nitrogens with one attached hydrogen (secondary N) is 2. The number of rotatable bonds is 7. The number of nitro groups is 1. The van der Waals surface area contributed by atoms with Gasteiger partial charge in [-0.2, -0.15) is 5.10 Å². The Hall–Kier alpha value is -5.39. The molecule has 0 aromatic heterocycles. The molecule has 4 N–H and O–H groups in total. The first-order valence-electron chi connectivity index (χ1n) is 10.3. The van der Waals surface area contributed by atoms with Crippen molar-refractivity contribution >= 4 is 40.8 Å². The second-order valence-electron chi connectivity index (χ2n) is 7.22. The third-order valence-corrected chi connectivity index (χ3v) is 4.76. The first kappa shape index (κ1) is 25.2. The highest BCUT2D eigenvalue weighted by Gasteiger charge is 2.21. The standard InChI is InChI=1S/C24H19N5O7/c1-14(27-28-23(32)22(31)26-17-10-6-16(7-11-17)21(25)30)15-8-12-18(13-9-15)36-24(33)19-4-2-3-5-20(19)29(34)35/h2-13H,1H3,(H2,25,30)(H,26,31)(H,28,32)/b27-14+. The Kier molecular flexibility index (Phi) is 7.82. The van der Waals surface area contributed by atoms with Crippen molar-refractivity contribution in [1.29, 1.82) is 0 Å². The summed E-state index contributed by atoms with van der Waals surface area (Å²) in [7, 11) is 0. The molecule has 36 heavy (non-hydrogen) atoms. The summed E-state index contributed by atoms with van der Waals surface area (Å²) in [6, 6.07) is 17.1. The number of para-hydroxylation sites is 1. The van der Waals surface area contributed by atoms with Crippen molar-refractivity contribution in [1.82, 2.24) is 5.43 Å². The van der Waals surface area contributed by atoms with E-state index in [0.717, 1.165) is 0 Å². The largest absolute Gasteiger partial charge is 0.423 e. The average Bonchev–Trinajstić information content (AvgIpc) is 2.87. The number of hydrazone groups is 1. The Bertz CT molecular complexity index is 1370. The van der Waals surface area contributed by atoms with Gasteiger partial charge >= 0.3 is 17.8 Å². The Morgan fingerprint density at radius 1 is 0.889 bits per heavy atom. The number of carbonyl (C=O) groups is 4. The number of ether oxygens (including phenoxy) is 1. The van der Waals surface area contributed by atoms with Crippen LogP contribution >= 0.6 is 0 Å². The maximum Gasteiger partial charge on any atom is 0.350 e. The predicted molar refractivity (Wildman–Crippen MR) is 128 cm³/mol. The average molecular weight is 489 g/mol. The highest BCUT2D eigenvalue weighted by Crippen LogP contribution is 2.21. The number of anilines is 1. The number of primary amides is 1. The third kappa shape index (κ3) is 6.35. The number of esters is 1. The van der Waals surface area contributed by atoms with Gasteiger partial charge in [0.15, 0.2) is 0 Å². The van der Waals surface area contributed by atoms with E-state index in [-0.39, 0.29) is 28.3 Å². The molecule has 182 valence electrons. The first-order valence-corrected chi connectivity index (χ1v) is 10.3. The van der Waals surface area contributed by atoms with Gasteiger partial charge in [0.25, 0.3) is 5.69 Å². The summed E-state index contributed by atoms with van der Waals surface area (Å²) in [5.41, 5.74) is 8.15. The number of hydrogen-bond acceptors (Lipinski definition) is 8. The summed E-state index contributed by atoms with van der Waals surface area (Å²) in [4.78, 5) is 57.9. The van der Waals surface area contributed by atoms with Gasteiger partial charge in [0.05, 0.1) is 10.6 Å². The molecule has 12 heteroatoms. The molecule has 3 aromatic rings. The van der Waals surface area contributed by atoms with Gasteiger partial charge in [-0.25, -0.2) is 10.2 Å². The Morgan fingerprint density at radius 3 is 2.11 bits per heavy atom. The fraction of sp³-hybridized carbons (Fsp3) is 0.0417. The smallest absolute Gasteiger partial charge is 0.350 e. The molecular weight excluding hydrogens is 470 g/mol. The van der Waals surface area contributed by atoms with Crippen molar-refractivity contribution in [3.63, 3.8) is 0 Å². The molecule has 3 amide bonds. The fourth-order valence-electron chi connectivity index (χ4n) is 2.89. The summed E-state index contributed by atoms with van der Waals surface area (Å²) >= 11 is 0. The van der Waals surface area contributed by atoms with Gasteiger partial charge in [0.2, 0.25) is 5.91 Å². The molecule has 0 saturated heterocycles. The lowest BCUT2D eigenvalue weighted by Gasteiger charge is -2.07. The normalized spacial score (nSPS) is 10.8. The molecule has 3 aromatic carbocycles. The molecule has 3 rings (SSSR count). The molecule has 0 bridgehead atoms. The summed E-state index contributed by atoms with van der Waals surface area (Å²) in [5, 5.41) is 17.3. The van der Waals surface area contributed by atoms with Crippen LogP contribution in [0.25, 0.3) is 0 Å². The van der Waals surface area contributed by atoms with Crippen molar-refractivity contribution in [2.24, 2.45) is 10.8 Å². The predicted octanol–water partition coefficient (Wildman–Crippen LogP) is 2.39. The lowest BCUT2D eigenvalue weighted by atomic mass is 10.1. The molecular formula is C24H19N5O7. The molecule has 0 fully saturated rings. The van der Waals surface area contributed by atoms with Crippen LogP contribution in [-0.4, -0.2) is 34.3 Å². The van der Waals surface area contributed by atoms with E-state index in [1.165, 1.54) is 60.7 Å². The summed E-state index contributed by atoms with van der Waals surface area (Å²) in [6.45, 7) is 1.58. The maximum atomic E-state index is 12.3. The van der Waals surface area contributed by atoms with Crippen LogP contribution in [0.1, 0.15) is 33.2 Å². The van der Waals surface area contributed by atoms with Crippen LogP contribution in [-0.2, 0) is 9.59 Å². The Morgan fingerprint density at radius 2 is 1.50 bits per heavy atom. The topological polar surface area (TPSA) is 183 Å². The lowest BCUT2D eigenvalue weighted by molar-refractivity contribution is -0.385. The minimum atomic E-state index is -1.02. The van der Waals surface area contributed by atoms with Gasteiger partial charge in [-0.3, -0.25) is 24.5 Å². The number of amides is 3. The van der Waals surface area contributed by atoms with E-state index < -0.39 is 28.6 Å². The molecule has 12 nitrogen and oxygen atoms in total. The SMILES string of the molecule is C/C(=N\NC(=O)C(=O)Nc1ccc(C(N)=O)cc1)c1ccc(OC(=O)c2ccccc2[N+](=O)[O-])cc1. The van der Waals surface area contributed by atoms with E-state index in [9.17, 15) is 29.3 Å². The number of nitro benzene ring substituents is 1. The zero-order chi connectivity index (χ0) is 26.2. The van der Waals surface area contributed by atoms with Crippen molar-refractivity contribution in [2.45, 2.75) is 6.92 Å². The highest BCUT2D eigenvalue weighted by molar-refractivity contribution is 6.39. The van der Waals surface area contributed by atoms with E-state index in [0.29, 0.717) is 11.3 Å². The van der Waals surface area contributed by atoms with Crippen molar-refractivity contribution in [2.75, 3.05) is 5.32 Å². The minimum Gasteiger partial charge on any atom is -0.423 e. The van der Waals surface area contributed by atoms with Gasteiger partial charge in [-0.05, 0) is 67.1 Å². The second kappa shape index (κ2) is 11.2. The van der Waals surface area contributed by atoms with Crippen LogP contribution in [0, 0.1) is 10.1 Å². The van der Waals surface area contributed by atoms with Crippen molar-refractivity contribution in [3.8, 4) is 5.75 Å². The molecule has 0 aliphatic heterocycles. The van der Waals surface area contributed by atoms with E-state index in [4.69, 9.17) is 10.5 Å². The lowest BCUT2D eigenvalue weighted by Crippen LogP contribution is -2.33. The van der Waals surface area contributed by atoms with Crippen LogP contribution in [0.5, 0.6) is 5.75 Å². The van der Waals surface area contributed by atoms with Crippen LogP contribution in [0.4, 0.5) is 11.4 Å². The van der Waals surface area contributed by atoms with E-state index in [1.54, 1.807) is 19.1 Å². The Balaban J connectivity index is 1.58. The van der Waals surface area contributed by atoms with E-state index >= 15 is 0 Å². The van der Waals surface area contributed by atoms with Crippen LogP contribution in [0.15, 0.2) is 77.9 Å². The zero-order valence-corrected chi connectivity index (χ0v) is 18.8. The molecule has 0 spiro atoms. The molecule has 0 radical (unpaired) electrons. The van der Waals surface area contributed by atoms with Crippen molar-refractivity contribution in [3.05, 3.63) is 99.6 Å². The third-order valence-electron chi connectivity index (χ3n) is 4.76. The van der Waals surface area contributed by atoms with Gasteiger partial charge in [0, 0.05) is 17.3 Å². The minimum absolute atomic E-state index is 0.139. The monoisotopic (exact) mass is 489 g/mol. The van der Waals surface area contributed by atoms with E-state index in [1.807, 2.05) is 0 Å². The van der Waals surface area contributed by atoms with Crippen LogP contribution in [0.3, 0.4) is 0 Å². The molecule has 0 saturated carbocycles. The zero-order valence-electron chi connectivity index (χ0n) is 18.8. The van der Waals surface area contributed by atoms with Gasteiger partial charge in [-0.1, -0.05) is 12.1 Å². The number of nitrogens with zero attached hydrogens (tertiary/aromatic N) is 2. The van der Waals surface area contributed by atoms with E-state index in [2.05, 4.69) is 15.8 Å². The highest BCUT2D eigenvalue weighted by atomic mass is 16.6. The molecule has 0 heterocycles. The summed E-state index contributed by atoms with van der Waals surface area (Å²) < 4.78 is 5.20. The van der Waals surface area contributed by atoms with Gasteiger partial charge in [-0.15, -0.1) is 0 Å². The van der Waals surface area contributed by atoms with Crippen molar-refractivity contribution < 1.29 is 28.8 Å². The number of benzene rings is 3. The summed E-state index contributed by atoms with van der Waals surface area (Å²) in [5.74, 6) is -3.37. The fourth-order valence-corrected chi connectivity index (χ4v) is 2.89. The molecule has 0 atom stereocenters. The number of hydrogen-bond donors (Lipinski definition) is 3.